The van der Waals surface area contributed by atoms with Crippen LogP contribution in [-0.4, -0.2) is 15.9 Å². The zero-order valence-electron chi connectivity index (χ0n) is 13.4. The Morgan fingerprint density at radius 1 is 1.29 bits per heavy atom. The van der Waals surface area contributed by atoms with E-state index < -0.39 is 6.09 Å². The number of hydrogen-bond acceptors (Lipinski definition) is 4. The summed E-state index contributed by atoms with van der Waals surface area (Å²) in [5.41, 5.74) is 1.27. The molecule has 6 heteroatoms. The summed E-state index contributed by atoms with van der Waals surface area (Å²) in [5.74, 6) is 0.433. The number of rotatable bonds is 4. The molecule has 0 aliphatic heterocycles. The summed E-state index contributed by atoms with van der Waals surface area (Å²) < 4.78 is 7.01. The second-order valence-corrected chi connectivity index (χ2v) is 5.94. The molecule has 24 heavy (non-hydrogen) atoms. The van der Waals surface area contributed by atoms with Crippen LogP contribution in [0.15, 0.2) is 36.5 Å². The molecule has 0 radical (unpaired) electrons. The van der Waals surface area contributed by atoms with Crippen LogP contribution in [0.3, 0.4) is 0 Å². The van der Waals surface area contributed by atoms with Gasteiger partial charge in [0, 0.05) is 0 Å². The molecule has 1 aliphatic carbocycles. The van der Waals surface area contributed by atoms with Crippen molar-refractivity contribution in [3.63, 3.8) is 0 Å². The van der Waals surface area contributed by atoms with Crippen LogP contribution in [0.2, 0.25) is 0 Å². The van der Waals surface area contributed by atoms with Gasteiger partial charge >= 0.3 is 6.09 Å². The predicted octanol–water partition coefficient (Wildman–Crippen LogP) is 4.01. The number of amides is 1. The average Bonchev–Trinajstić information content (AvgIpc) is 3.04. The number of aromatic nitrogens is 2. The first-order valence-corrected chi connectivity index (χ1v) is 8.23. The molecule has 0 spiro atoms. The van der Waals surface area contributed by atoms with Crippen molar-refractivity contribution in [1.29, 1.82) is 5.26 Å². The second kappa shape index (κ2) is 7.64. The van der Waals surface area contributed by atoms with Crippen molar-refractivity contribution in [2.24, 2.45) is 0 Å². The number of benzene rings is 1. The van der Waals surface area contributed by atoms with E-state index >= 15 is 0 Å². The predicted molar refractivity (Wildman–Crippen MR) is 89.3 cm³/mol. The maximum Gasteiger partial charge on any atom is 0.413 e. The normalized spacial score (nSPS) is 14.8. The van der Waals surface area contributed by atoms with Gasteiger partial charge in [0.1, 0.15) is 18.2 Å². The summed E-state index contributed by atoms with van der Waals surface area (Å²) in [4.78, 5) is 12.1. The Labute approximate surface area is 141 Å². The molecule has 1 aromatic heterocycles. The lowest BCUT2D eigenvalue weighted by Gasteiger charge is -2.23. The van der Waals surface area contributed by atoms with E-state index in [0.717, 1.165) is 31.2 Å². The Kier molecular flexibility index (Phi) is 5.12. The van der Waals surface area contributed by atoms with Crippen LogP contribution in [0.1, 0.15) is 49.3 Å². The van der Waals surface area contributed by atoms with Crippen LogP contribution >= 0.6 is 0 Å². The maximum atomic E-state index is 12.1. The monoisotopic (exact) mass is 324 g/mol. The minimum Gasteiger partial charge on any atom is -0.444 e. The first-order valence-electron chi connectivity index (χ1n) is 8.23. The highest BCUT2D eigenvalue weighted by Crippen LogP contribution is 2.31. The van der Waals surface area contributed by atoms with Gasteiger partial charge in [0.25, 0.3) is 0 Å². The minimum atomic E-state index is -0.576. The lowest BCUT2D eigenvalue weighted by Crippen LogP contribution is -2.21. The van der Waals surface area contributed by atoms with Crippen LogP contribution < -0.4 is 5.32 Å². The zero-order valence-corrected chi connectivity index (χ0v) is 13.4. The minimum absolute atomic E-state index is 0.187. The van der Waals surface area contributed by atoms with Gasteiger partial charge in [0.2, 0.25) is 0 Å². The molecule has 1 saturated carbocycles. The van der Waals surface area contributed by atoms with Gasteiger partial charge in [-0.25, -0.2) is 9.48 Å². The summed E-state index contributed by atoms with van der Waals surface area (Å²) in [5, 5.41) is 16.3. The lowest BCUT2D eigenvalue weighted by atomic mass is 9.96. The summed E-state index contributed by atoms with van der Waals surface area (Å²) >= 11 is 0. The molecule has 0 saturated heterocycles. The molecule has 6 nitrogen and oxygen atoms in total. The Morgan fingerprint density at radius 2 is 2.04 bits per heavy atom. The number of anilines is 1. The first kappa shape index (κ1) is 16.1. The van der Waals surface area contributed by atoms with Gasteiger partial charge in [-0.3, -0.25) is 5.32 Å². The molecule has 3 rings (SSSR count). The topological polar surface area (TPSA) is 79.9 Å². The van der Waals surface area contributed by atoms with Crippen molar-refractivity contribution >= 4 is 11.9 Å². The van der Waals surface area contributed by atoms with E-state index in [0.29, 0.717) is 11.4 Å². The Hall–Kier alpha value is -2.81. The molecule has 1 aromatic carbocycles. The van der Waals surface area contributed by atoms with Gasteiger partial charge in [-0.05, 0) is 18.4 Å². The van der Waals surface area contributed by atoms with Gasteiger partial charge < -0.3 is 4.74 Å². The second-order valence-electron chi connectivity index (χ2n) is 5.94. The molecule has 1 heterocycles. The first-order chi connectivity index (χ1) is 11.8. The van der Waals surface area contributed by atoms with E-state index in [1.165, 1.54) is 12.6 Å². The van der Waals surface area contributed by atoms with E-state index in [4.69, 9.17) is 4.74 Å². The Bertz CT molecular complexity index is 727. The molecule has 2 aromatic rings. The van der Waals surface area contributed by atoms with Crippen molar-refractivity contribution in [2.75, 3.05) is 5.32 Å². The molecule has 1 aliphatic rings. The number of nitriles is 1. The van der Waals surface area contributed by atoms with E-state index in [2.05, 4.69) is 16.5 Å². The van der Waals surface area contributed by atoms with Gasteiger partial charge in [0.15, 0.2) is 5.82 Å². The van der Waals surface area contributed by atoms with Crippen molar-refractivity contribution in [3.05, 3.63) is 47.7 Å². The summed E-state index contributed by atoms with van der Waals surface area (Å²) in [6.45, 7) is 0.187. The molecular weight excluding hydrogens is 304 g/mol. The number of ether oxygens (including phenoxy) is 1. The van der Waals surface area contributed by atoms with E-state index in [1.807, 2.05) is 30.3 Å². The summed E-state index contributed by atoms with van der Waals surface area (Å²) in [7, 11) is 0. The fourth-order valence-electron chi connectivity index (χ4n) is 3.03. The number of nitrogens with zero attached hydrogens (tertiary/aromatic N) is 3. The molecule has 124 valence electrons. The third kappa shape index (κ3) is 3.74. The van der Waals surface area contributed by atoms with E-state index in [9.17, 15) is 10.1 Å². The smallest absolute Gasteiger partial charge is 0.413 e. The fourth-order valence-corrected chi connectivity index (χ4v) is 3.03. The standard InChI is InChI=1S/C18H20N4O2/c19-11-15-12-20-22(16-9-5-2-6-10-16)17(15)21-18(23)24-13-14-7-3-1-4-8-14/h1,3-4,7-8,12,16H,2,5-6,9-10,13H2,(H,21,23). The molecule has 0 unspecified atom stereocenters. The number of carbonyl (C=O) groups excluding carboxylic acids is 1. The van der Waals surface area contributed by atoms with Crippen molar-refractivity contribution in [1.82, 2.24) is 9.78 Å². The highest BCUT2D eigenvalue weighted by molar-refractivity contribution is 5.85. The Morgan fingerprint density at radius 3 is 2.75 bits per heavy atom. The maximum absolute atomic E-state index is 12.1. The van der Waals surface area contributed by atoms with Gasteiger partial charge in [-0.15, -0.1) is 0 Å². The SMILES string of the molecule is N#Cc1cnn(C2CCCCC2)c1NC(=O)OCc1ccccc1. The molecule has 1 N–H and O–H groups in total. The summed E-state index contributed by atoms with van der Waals surface area (Å²) in [6.07, 6.45) is 6.47. The van der Waals surface area contributed by atoms with Crippen molar-refractivity contribution in [2.45, 2.75) is 44.8 Å². The average molecular weight is 324 g/mol. The fraction of sp³-hybridized carbons (Fsp3) is 0.389. The van der Waals surface area contributed by atoms with Gasteiger partial charge in [-0.2, -0.15) is 10.4 Å². The Balaban J connectivity index is 1.68. The van der Waals surface area contributed by atoms with Crippen molar-refractivity contribution < 1.29 is 9.53 Å². The highest BCUT2D eigenvalue weighted by atomic mass is 16.5. The summed E-state index contributed by atoms with van der Waals surface area (Å²) in [6, 6.07) is 11.8. The zero-order chi connectivity index (χ0) is 16.8. The quantitative estimate of drug-likeness (QED) is 0.921. The van der Waals surface area contributed by atoms with Crippen LogP contribution in [-0.2, 0) is 11.3 Å². The van der Waals surface area contributed by atoms with Gasteiger partial charge in [-0.1, -0.05) is 49.6 Å². The van der Waals surface area contributed by atoms with Gasteiger partial charge in [0.05, 0.1) is 12.2 Å². The third-order valence-corrected chi connectivity index (χ3v) is 4.27. The lowest BCUT2D eigenvalue weighted by molar-refractivity contribution is 0.154. The number of hydrogen-bond donors (Lipinski definition) is 1. The van der Waals surface area contributed by atoms with Crippen LogP contribution in [0.5, 0.6) is 0 Å². The van der Waals surface area contributed by atoms with Crippen LogP contribution in [0.4, 0.5) is 10.6 Å². The van der Waals surface area contributed by atoms with Crippen molar-refractivity contribution in [3.8, 4) is 6.07 Å². The largest absolute Gasteiger partial charge is 0.444 e. The molecule has 0 atom stereocenters. The van der Waals surface area contributed by atoms with E-state index in [1.54, 1.807) is 4.68 Å². The van der Waals surface area contributed by atoms with E-state index in [-0.39, 0.29) is 12.6 Å². The molecule has 1 amide bonds. The van der Waals surface area contributed by atoms with Crippen LogP contribution in [0.25, 0.3) is 0 Å². The molecule has 0 bridgehead atoms. The third-order valence-electron chi connectivity index (χ3n) is 4.27. The molecule has 1 fully saturated rings. The molecular formula is C18H20N4O2. The van der Waals surface area contributed by atoms with Crippen LogP contribution in [0, 0.1) is 11.3 Å². The number of nitrogens with one attached hydrogen (secondary N) is 1. The highest BCUT2D eigenvalue weighted by Gasteiger charge is 2.22. The number of carbonyl (C=O) groups is 1.